The van der Waals surface area contributed by atoms with E-state index in [2.05, 4.69) is 20.8 Å². The Morgan fingerprint density at radius 1 is 1.39 bits per heavy atom. The van der Waals surface area contributed by atoms with Gasteiger partial charge >= 0.3 is 0 Å². The van der Waals surface area contributed by atoms with Crippen LogP contribution in [0, 0.1) is 0 Å². The summed E-state index contributed by atoms with van der Waals surface area (Å²) >= 11 is 0. The molecule has 0 spiro atoms. The predicted molar refractivity (Wildman–Crippen MR) is 72.1 cm³/mol. The summed E-state index contributed by atoms with van der Waals surface area (Å²) in [4.78, 5) is 15.3. The quantitative estimate of drug-likeness (QED) is 0.617. The molecular weight excluding hydrogens is 228 g/mol. The van der Waals surface area contributed by atoms with Crippen molar-refractivity contribution in [2.24, 2.45) is 10.1 Å². The van der Waals surface area contributed by atoms with E-state index in [0.29, 0.717) is 0 Å². The number of hydrazone groups is 1. The first-order chi connectivity index (χ1) is 8.75. The van der Waals surface area contributed by atoms with E-state index in [0.717, 1.165) is 5.56 Å². The molecule has 1 heterocycles. The van der Waals surface area contributed by atoms with Crippen molar-refractivity contribution in [3.8, 4) is 0 Å². The molecule has 0 aromatic heterocycles. The van der Waals surface area contributed by atoms with Crippen LogP contribution in [-0.2, 0) is 4.79 Å². The highest BCUT2D eigenvalue weighted by molar-refractivity contribution is 6.39. The lowest BCUT2D eigenvalue weighted by Crippen LogP contribution is -2.32. The molecule has 1 amide bonds. The Bertz CT molecular complexity index is 505. The molecule has 1 aliphatic rings. The molecule has 0 fully saturated rings. The van der Waals surface area contributed by atoms with Gasteiger partial charge in [-0.1, -0.05) is 36.4 Å². The summed E-state index contributed by atoms with van der Waals surface area (Å²) in [5, 5.41) is 6.54. The summed E-state index contributed by atoms with van der Waals surface area (Å²) < 4.78 is 0. The fraction of sp³-hybridized carbons (Fsp3) is 0.154. The molecule has 0 unspecified atom stereocenters. The smallest absolute Gasteiger partial charge is 0.289 e. The summed E-state index contributed by atoms with van der Waals surface area (Å²) in [6, 6.07) is 9.88. The number of amides is 1. The molecule has 0 radical (unpaired) electrons. The average Bonchev–Trinajstić information content (AvgIpc) is 2.69. The minimum atomic E-state index is -0.230. The lowest BCUT2D eigenvalue weighted by Gasteiger charge is -1.95. The van der Waals surface area contributed by atoms with Crippen molar-refractivity contribution in [3.05, 3.63) is 42.0 Å². The maximum Gasteiger partial charge on any atom is 0.289 e. The van der Waals surface area contributed by atoms with E-state index >= 15 is 0 Å². The molecule has 5 heteroatoms. The van der Waals surface area contributed by atoms with Gasteiger partial charge in [-0.3, -0.25) is 10.2 Å². The number of allylic oxidation sites excluding steroid dienone is 1. The third kappa shape index (κ3) is 3.28. The summed E-state index contributed by atoms with van der Waals surface area (Å²) in [5.74, 6) is 0.0125. The molecule has 1 aromatic carbocycles. The molecule has 0 bridgehead atoms. The molecule has 5 nitrogen and oxygen atoms in total. The van der Waals surface area contributed by atoms with Crippen molar-refractivity contribution in [2.45, 2.75) is 13.1 Å². The van der Waals surface area contributed by atoms with Crippen molar-refractivity contribution in [3.63, 3.8) is 0 Å². The second-order valence-corrected chi connectivity index (χ2v) is 3.79. The monoisotopic (exact) mass is 242 g/mol. The lowest BCUT2D eigenvalue weighted by atomic mass is 10.2. The van der Waals surface area contributed by atoms with Gasteiger partial charge in [-0.2, -0.15) is 5.10 Å². The molecule has 0 aliphatic carbocycles. The number of rotatable bonds is 3. The number of nitrogens with zero attached hydrogens (tertiary/aromatic N) is 2. The highest BCUT2D eigenvalue weighted by atomic mass is 16.2. The second-order valence-electron chi connectivity index (χ2n) is 3.79. The topological polar surface area (TPSA) is 65.8 Å². The van der Waals surface area contributed by atoms with Gasteiger partial charge in [-0.25, -0.2) is 4.99 Å². The molecule has 18 heavy (non-hydrogen) atoms. The largest absolute Gasteiger partial charge is 0.328 e. The van der Waals surface area contributed by atoms with Gasteiger partial charge in [0.05, 0.1) is 0 Å². The fourth-order valence-electron chi connectivity index (χ4n) is 1.48. The first kappa shape index (κ1) is 12.0. The van der Waals surface area contributed by atoms with Crippen LogP contribution in [0.3, 0.4) is 0 Å². The van der Waals surface area contributed by atoms with Crippen molar-refractivity contribution in [1.82, 2.24) is 10.7 Å². The van der Waals surface area contributed by atoms with E-state index in [-0.39, 0.29) is 17.9 Å². The van der Waals surface area contributed by atoms with Gasteiger partial charge in [0.1, 0.15) is 6.17 Å². The summed E-state index contributed by atoms with van der Waals surface area (Å²) in [6.07, 6.45) is 5.10. The fourth-order valence-corrected chi connectivity index (χ4v) is 1.48. The Balaban J connectivity index is 1.84. The molecule has 0 saturated carbocycles. The first-order valence-corrected chi connectivity index (χ1v) is 5.65. The predicted octanol–water partition coefficient (Wildman–Crippen LogP) is 1.15. The molecule has 1 aromatic rings. The Morgan fingerprint density at radius 2 is 2.17 bits per heavy atom. The molecule has 1 aliphatic heterocycles. The van der Waals surface area contributed by atoms with Crippen molar-refractivity contribution >= 4 is 24.0 Å². The van der Waals surface area contributed by atoms with Gasteiger partial charge in [-0.05, 0) is 18.6 Å². The lowest BCUT2D eigenvalue weighted by molar-refractivity contribution is -0.114. The van der Waals surface area contributed by atoms with E-state index in [1.807, 2.05) is 36.4 Å². The highest BCUT2D eigenvalue weighted by Gasteiger charge is 2.20. The maximum atomic E-state index is 11.3. The minimum absolute atomic E-state index is 0.185. The molecule has 2 N–H and O–H groups in total. The van der Waals surface area contributed by atoms with Crippen LogP contribution in [0.2, 0.25) is 0 Å². The number of aliphatic imine (C=N–C) groups is 1. The van der Waals surface area contributed by atoms with Crippen molar-refractivity contribution in [1.29, 1.82) is 0 Å². The number of amidine groups is 1. The first-order valence-electron chi connectivity index (χ1n) is 5.65. The number of hydrogen-bond donors (Lipinski definition) is 2. The summed E-state index contributed by atoms with van der Waals surface area (Å²) in [5.41, 5.74) is 3.70. The number of benzene rings is 1. The van der Waals surface area contributed by atoms with Gasteiger partial charge in [0.15, 0.2) is 0 Å². The van der Waals surface area contributed by atoms with Crippen LogP contribution in [0.15, 0.2) is 46.5 Å². The Kier molecular flexibility index (Phi) is 3.86. The van der Waals surface area contributed by atoms with Gasteiger partial charge < -0.3 is 5.32 Å². The zero-order valence-corrected chi connectivity index (χ0v) is 10.00. The van der Waals surface area contributed by atoms with E-state index < -0.39 is 0 Å². The van der Waals surface area contributed by atoms with E-state index in [4.69, 9.17) is 0 Å². The SMILES string of the molecule is C[C@@H]1N=C(N/N=C\C=C\c2ccccc2)C(=O)N1. The molecular formula is C13H14N4O. The molecule has 92 valence electrons. The number of carbonyl (C=O) groups excluding carboxylic acids is 1. The van der Waals surface area contributed by atoms with Crippen LogP contribution in [-0.4, -0.2) is 24.1 Å². The maximum absolute atomic E-state index is 11.3. The average molecular weight is 242 g/mol. The van der Waals surface area contributed by atoms with Gasteiger partial charge in [-0.15, -0.1) is 0 Å². The van der Waals surface area contributed by atoms with Gasteiger partial charge in [0.2, 0.25) is 5.84 Å². The third-order valence-electron chi connectivity index (χ3n) is 2.30. The molecule has 1 atom stereocenters. The van der Waals surface area contributed by atoms with Crippen LogP contribution < -0.4 is 10.7 Å². The zero-order valence-electron chi connectivity index (χ0n) is 10.00. The highest BCUT2D eigenvalue weighted by Crippen LogP contribution is 1.99. The van der Waals surface area contributed by atoms with Crippen LogP contribution in [0.1, 0.15) is 12.5 Å². The Morgan fingerprint density at radius 3 is 2.83 bits per heavy atom. The van der Waals surface area contributed by atoms with E-state index in [9.17, 15) is 4.79 Å². The second kappa shape index (κ2) is 5.77. The van der Waals surface area contributed by atoms with Crippen LogP contribution in [0.4, 0.5) is 0 Å². The van der Waals surface area contributed by atoms with Crippen LogP contribution in [0.25, 0.3) is 6.08 Å². The number of nitrogens with one attached hydrogen (secondary N) is 2. The number of carbonyl (C=O) groups is 1. The van der Waals surface area contributed by atoms with E-state index in [1.165, 1.54) is 0 Å². The van der Waals surface area contributed by atoms with Gasteiger partial charge in [0, 0.05) is 6.21 Å². The van der Waals surface area contributed by atoms with Crippen molar-refractivity contribution < 1.29 is 4.79 Å². The standard InChI is InChI=1S/C13H14N4O/c1-10-15-12(13(18)16-10)17-14-9-5-8-11-6-3-2-4-7-11/h2-10H,1H3,(H,15,17)(H,16,18)/b8-5+,14-9-/t10-/m1/s1. The van der Waals surface area contributed by atoms with Crippen molar-refractivity contribution in [2.75, 3.05) is 0 Å². The summed E-state index contributed by atoms with van der Waals surface area (Å²) in [6.45, 7) is 1.80. The minimum Gasteiger partial charge on any atom is -0.328 e. The molecule has 0 saturated heterocycles. The zero-order chi connectivity index (χ0) is 12.8. The van der Waals surface area contributed by atoms with Crippen LogP contribution >= 0.6 is 0 Å². The molecule has 2 rings (SSSR count). The number of hydrogen-bond acceptors (Lipinski definition) is 4. The Hall–Kier alpha value is -2.43. The van der Waals surface area contributed by atoms with Crippen LogP contribution in [0.5, 0.6) is 0 Å². The normalized spacial score (nSPS) is 19.3. The van der Waals surface area contributed by atoms with Gasteiger partial charge in [0.25, 0.3) is 5.91 Å². The Labute approximate surface area is 105 Å². The third-order valence-corrected chi connectivity index (χ3v) is 2.30. The van der Waals surface area contributed by atoms with E-state index in [1.54, 1.807) is 19.2 Å². The summed E-state index contributed by atoms with van der Waals surface area (Å²) in [7, 11) is 0.